The number of nitrogens with zero attached hydrogens (tertiary/aromatic N) is 2. The molecule has 0 unspecified atom stereocenters. The first-order valence-corrected chi connectivity index (χ1v) is 12.5. The lowest BCUT2D eigenvalue weighted by Gasteiger charge is -2.24. The van der Waals surface area contributed by atoms with Crippen LogP contribution in [-0.4, -0.2) is 60.5 Å². The van der Waals surface area contributed by atoms with Crippen molar-refractivity contribution in [3.05, 3.63) is 60.2 Å². The Balaban J connectivity index is 1.43. The third-order valence-corrected chi connectivity index (χ3v) is 6.84. The Hall–Kier alpha value is -2.66. The highest BCUT2D eigenvalue weighted by Crippen LogP contribution is 2.23. The lowest BCUT2D eigenvalue weighted by atomic mass is 9.95. The van der Waals surface area contributed by atoms with E-state index in [1.54, 1.807) is 0 Å². The molecular formula is C28H36N2O3. The molecule has 0 spiro atoms. The van der Waals surface area contributed by atoms with E-state index in [0.29, 0.717) is 32.5 Å². The molecule has 2 atom stereocenters. The molecule has 5 nitrogen and oxygen atoms in total. The van der Waals surface area contributed by atoms with Crippen LogP contribution in [0.25, 0.3) is 11.1 Å². The molecule has 0 radical (unpaired) electrons. The summed E-state index contributed by atoms with van der Waals surface area (Å²) in [5, 5.41) is 0. The lowest BCUT2D eigenvalue weighted by Crippen LogP contribution is -2.38. The summed E-state index contributed by atoms with van der Waals surface area (Å²) in [4.78, 5) is 30.2. The second-order valence-electron chi connectivity index (χ2n) is 9.30. The second-order valence-corrected chi connectivity index (χ2v) is 9.30. The molecular weight excluding hydrogens is 412 g/mol. The first-order valence-electron chi connectivity index (χ1n) is 12.5. The molecule has 176 valence electrons. The highest BCUT2D eigenvalue weighted by Gasteiger charge is 2.32. The topological polar surface area (TPSA) is 49.9 Å². The van der Waals surface area contributed by atoms with Crippen molar-refractivity contribution in [2.45, 2.75) is 51.6 Å². The van der Waals surface area contributed by atoms with Crippen LogP contribution in [0.2, 0.25) is 0 Å². The average Bonchev–Trinajstić information content (AvgIpc) is 3.33. The molecule has 4 rings (SSSR count). The summed E-state index contributed by atoms with van der Waals surface area (Å²) >= 11 is 0. The van der Waals surface area contributed by atoms with E-state index in [1.165, 1.54) is 11.1 Å². The van der Waals surface area contributed by atoms with Crippen molar-refractivity contribution in [3.8, 4) is 11.1 Å². The molecule has 2 amide bonds. The molecule has 2 fully saturated rings. The predicted octanol–water partition coefficient (Wildman–Crippen LogP) is 4.55. The van der Waals surface area contributed by atoms with Crippen LogP contribution in [0.15, 0.2) is 54.6 Å². The van der Waals surface area contributed by atoms with Crippen LogP contribution in [-0.2, 0) is 20.7 Å². The minimum atomic E-state index is -0.201. The van der Waals surface area contributed by atoms with Gasteiger partial charge in [0, 0.05) is 39.2 Å². The molecule has 2 saturated heterocycles. The van der Waals surface area contributed by atoms with Gasteiger partial charge >= 0.3 is 0 Å². The van der Waals surface area contributed by atoms with Crippen molar-refractivity contribution in [2.24, 2.45) is 5.92 Å². The van der Waals surface area contributed by atoms with Gasteiger partial charge in [0.15, 0.2) is 0 Å². The number of amides is 2. The van der Waals surface area contributed by atoms with Crippen LogP contribution in [0, 0.1) is 5.92 Å². The van der Waals surface area contributed by atoms with E-state index in [2.05, 4.69) is 43.3 Å². The van der Waals surface area contributed by atoms with E-state index < -0.39 is 0 Å². The maximum absolute atomic E-state index is 13.3. The number of hydrogen-bond donors (Lipinski definition) is 0. The summed E-state index contributed by atoms with van der Waals surface area (Å²) in [5.74, 6) is 0.132. The number of hydrogen-bond acceptors (Lipinski definition) is 3. The third kappa shape index (κ3) is 6.23. The van der Waals surface area contributed by atoms with Crippen LogP contribution in [0.3, 0.4) is 0 Å². The first-order chi connectivity index (χ1) is 16.1. The van der Waals surface area contributed by atoms with E-state index in [9.17, 15) is 9.59 Å². The number of ether oxygens (including phenoxy) is 1. The molecule has 0 N–H and O–H groups in total. The first kappa shape index (κ1) is 23.5. The van der Waals surface area contributed by atoms with Gasteiger partial charge in [-0.2, -0.15) is 0 Å². The van der Waals surface area contributed by atoms with Gasteiger partial charge in [-0.1, -0.05) is 61.5 Å². The lowest BCUT2D eigenvalue weighted by molar-refractivity contribution is -0.135. The summed E-state index contributed by atoms with van der Waals surface area (Å²) in [6.45, 7) is 5.42. The fourth-order valence-electron chi connectivity index (χ4n) is 4.98. The van der Waals surface area contributed by atoms with Crippen LogP contribution < -0.4 is 0 Å². The fraction of sp³-hybridized carbons (Fsp3) is 0.500. The minimum absolute atomic E-state index is 0.154. The quantitative estimate of drug-likeness (QED) is 0.595. The van der Waals surface area contributed by atoms with Crippen molar-refractivity contribution in [2.75, 3.05) is 32.8 Å². The van der Waals surface area contributed by atoms with Crippen molar-refractivity contribution < 1.29 is 14.3 Å². The van der Waals surface area contributed by atoms with Gasteiger partial charge in [0.25, 0.3) is 0 Å². The van der Waals surface area contributed by atoms with Gasteiger partial charge in [0.1, 0.15) is 0 Å². The van der Waals surface area contributed by atoms with Gasteiger partial charge in [0.2, 0.25) is 11.8 Å². The Kier molecular flexibility index (Phi) is 8.16. The summed E-state index contributed by atoms with van der Waals surface area (Å²) in [7, 11) is 0. The normalized spacial score (nSPS) is 21.3. The van der Waals surface area contributed by atoms with E-state index >= 15 is 0 Å². The smallest absolute Gasteiger partial charge is 0.227 e. The highest BCUT2D eigenvalue weighted by molar-refractivity contribution is 5.82. The molecule has 2 aliphatic heterocycles. The van der Waals surface area contributed by atoms with Crippen molar-refractivity contribution in [3.63, 3.8) is 0 Å². The van der Waals surface area contributed by atoms with Crippen molar-refractivity contribution in [1.82, 2.24) is 9.80 Å². The predicted molar refractivity (Wildman–Crippen MR) is 131 cm³/mol. The molecule has 0 aliphatic carbocycles. The summed E-state index contributed by atoms with van der Waals surface area (Å²) in [6.07, 6.45) is 5.24. The fourth-order valence-corrected chi connectivity index (χ4v) is 4.98. The molecule has 33 heavy (non-hydrogen) atoms. The Labute approximate surface area is 197 Å². The number of carbonyl (C=O) groups is 2. The molecule has 0 bridgehead atoms. The van der Waals surface area contributed by atoms with E-state index in [4.69, 9.17) is 4.74 Å². The monoisotopic (exact) mass is 448 g/mol. The summed E-state index contributed by atoms with van der Waals surface area (Å²) < 4.78 is 5.69. The third-order valence-electron chi connectivity index (χ3n) is 6.84. The van der Waals surface area contributed by atoms with Crippen LogP contribution >= 0.6 is 0 Å². The zero-order valence-electron chi connectivity index (χ0n) is 19.7. The summed E-state index contributed by atoms with van der Waals surface area (Å²) in [6, 6.07) is 18.8. The molecule has 0 saturated carbocycles. The highest BCUT2D eigenvalue weighted by atomic mass is 16.5. The maximum atomic E-state index is 13.3. The van der Waals surface area contributed by atoms with Gasteiger partial charge in [-0.05, 0) is 48.8 Å². The minimum Gasteiger partial charge on any atom is -0.378 e. The van der Waals surface area contributed by atoms with E-state index in [-0.39, 0.29) is 23.8 Å². The number of rotatable bonds is 8. The Morgan fingerprint density at radius 1 is 1.03 bits per heavy atom. The van der Waals surface area contributed by atoms with E-state index in [0.717, 1.165) is 44.4 Å². The Morgan fingerprint density at radius 2 is 1.79 bits per heavy atom. The second kappa shape index (κ2) is 11.5. The van der Waals surface area contributed by atoms with Gasteiger partial charge < -0.3 is 14.5 Å². The zero-order chi connectivity index (χ0) is 23.0. The van der Waals surface area contributed by atoms with E-state index in [1.807, 2.05) is 28.0 Å². The van der Waals surface area contributed by atoms with Gasteiger partial charge in [-0.25, -0.2) is 0 Å². The average molecular weight is 449 g/mol. The van der Waals surface area contributed by atoms with Crippen LogP contribution in [0.4, 0.5) is 0 Å². The number of carbonyl (C=O) groups excluding carboxylic acids is 2. The van der Waals surface area contributed by atoms with Gasteiger partial charge in [0.05, 0.1) is 12.0 Å². The SMILES string of the molecule is CCCN1CCN(C(=O)CC[C@H]2CCCO2)C[C@@H](Cc2ccc(-c3ccccc3)cc2)C1=O. The van der Waals surface area contributed by atoms with Crippen molar-refractivity contribution in [1.29, 1.82) is 0 Å². The van der Waals surface area contributed by atoms with Gasteiger partial charge in [-0.15, -0.1) is 0 Å². The van der Waals surface area contributed by atoms with Crippen LogP contribution in [0.1, 0.15) is 44.6 Å². The van der Waals surface area contributed by atoms with Crippen LogP contribution in [0.5, 0.6) is 0 Å². The number of benzene rings is 2. The van der Waals surface area contributed by atoms with Crippen molar-refractivity contribution >= 4 is 11.8 Å². The molecule has 2 aromatic rings. The standard InChI is InChI=1S/C28H36N2O3/c1-2-16-29-17-18-30(27(31)15-14-26-9-6-19-33-26)21-25(28(29)32)20-22-10-12-24(13-11-22)23-7-4-3-5-8-23/h3-5,7-8,10-13,25-26H,2,6,9,14-21H2,1H3/t25-,26-/m1/s1. The molecule has 5 heteroatoms. The maximum Gasteiger partial charge on any atom is 0.227 e. The molecule has 2 aromatic carbocycles. The molecule has 2 heterocycles. The zero-order valence-corrected chi connectivity index (χ0v) is 19.7. The Morgan fingerprint density at radius 3 is 2.48 bits per heavy atom. The van der Waals surface area contributed by atoms with Gasteiger partial charge in [-0.3, -0.25) is 9.59 Å². The largest absolute Gasteiger partial charge is 0.378 e. The molecule has 2 aliphatic rings. The molecule has 0 aromatic heterocycles. The Bertz CT molecular complexity index is 906. The summed E-state index contributed by atoms with van der Waals surface area (Å²) in [5.41, 5.74) is 3.50.